The molecule has 0 spiro atoms. The number of esters is 2. The monoisotopic (exact) mass is 596 g/mol. The molecule has 7 nitrogen and oxygen atoms in total. The van der Waals surface area contributed by atoms with Gasteiger partial charge in [0, 0.05) is 26.4 Å². The summed E-state index contributed by atoms with van der Waals surface area (Å²) in [5, 5.41) is 0. The van der Waals surface area contributed by atoms with E-state index in [1.807, 2.05) is 18.2 Å². The number of hydrogen-bond donors (Lipinski definition) is 1. The number of carbonyl (C=O) groups is 2. The summed E-state index contributed by atoms with van der Waals surface area (Å²) in [6, 6.07) is 6.04. The van der Waals surface area contributed by atoms with Gasteiger partial charge in [-0.1, -0.05) is 6.07 Å². The van der Waals surface area contributed by atoms with E-state index in [2.05, 4.69) is 49.9 Å². The van der Waals surface area contributed by atoms with Crippen LogP contribution in [0.4, 0.5) is 0 Å². The van der Waals surface area contributed by atoms with Crippen molar-refractivity contribution in [2.75, 3.05) is 19.0 Å². The summed E-state index contributed by atoms with van der Waals surface area (Å²) >= 11 is 4.47. The highest BCUT2D eigenvalue weighted by atomic mass is 127. The number of halogens is 2. The molecule has 10 heteroatoms. The first-order chi connectivity index (χ1) is 11.7. The van der Waals surface area contributed by atoms with Gasteiger partial charge in [0.1, 0.15) is 12.4 Å². The van der Waals surface area contributed by atoms with Crippen LogP contribution >= 0.6 is 45.2 Å². The molecular formula is C15H18I2O7S. The minimum Gasteiger partial charge on any atom is -0.465 e. The molecule has 0 heterocycles. The second-order valence-electron chi connectivity index (χ2n) is 5.07. The zero-order chi connectivity index (χ0) is 18.9. The van der Waals surface area contributed by atoms with E-state index in [-0.39, 0.29) is 25.9 Å². The number of rotatable bonds is 10. The van der Waals surface area contributed by atoms with E-state index in [0.29, 0.717) is 6.42 Å². The first-order valence-corrected chi connectivity index (χ1v) is 11.1. The molecule has 0 aliphatic carbocycles. The smallest absolute Gasteiger partial charge is 0.305 e. The van der Waals surface area contributed by atoms with Gasteiger partial charge in [0.15, 0.2) is 0 Å². The minimum atomic E-state index is -4.14. The maximum absolute atomic E-state index is 11.6. The second kappa shape index (κ2) is 11.3. The van der Waals surface area contributed by atoms with Gasteiger partial charge in [-0.3, -0.25) is 14.1 Å². The predicted molar refractivity (Wildman–Crippen MR) is 108 cm³/mol. The van der Waals surface area contributed by atoms with E-state index in [1.165, 1.54) is 0 Å². The van der Waals surface area contributed by atoms with Crippen molar-refractivity contribution in [2.45, 2.75) is 25.7 Å². The summed E-state index contributed by atoms with van der Waals surface area (Å²) in [6.07, 6.45) is 0.940. The molecular weight excluding hydrogens is 578 g/mol. The first-order valence-electron chi connectivity index (χ1n) is 7.38. The summed E-state index contributed by atoms with van der Waals surface area (Å²) in [5.74, 6) is -1.66. The Labute approximate surface area is 173 Å². The van der Waals surface area contributed by atoms with Crippen LogP contribution in [0.3, 0.4) is 0 Å². The Morgan fingerprint density at radius 3 is 2.20 bits per heavy atom. The standard InChI is InChI=1S/C15H18I2O7S/c16-12-5-4-11(13(17)10-12)6-7-23-14(18)2-1-3-15(19)24-8-9-25(20,21)22/h4-5,10H,1-3,6-9H2,(H,20,21,22). The molecule has 0 amide bonds. The number of carbonyl (C=O) groups excluding carboxylic acids is 2. The van der Waals surface area contributed by atoms with Crippen LogP contribution in [0.15, 0.2) is 18.2 Å². The third-order valence-corrected chi connectivity index (χ3v) is 5.37. The molecule has 0 aliphatic heterocycles. The van der Waals surface area contributed by atoms with Crippen molar-refractivity contribution in [1.29, 1.82) is 0 Å². The van der Waals surface area contributed by atoms with Gasteiger partial charge in [-0.25, -0.2) is 0 Å². The maximum Gasteiger partial charge on any atom is 0.305 e. The summed E-state index contributed by atoms with van der Waals surface area (Å²) in [4.78, 5) is 22.9. The van der Waals surface area contributed by atoms with E-state index in [9.17, 15) is 18.0 Å². The van der Waals surface area contributed by atoms with Crippen LogP contribution in [0.2, 0.25) is 0 Å². The summed E-state index contributed by atoms with van der Waals surface area (Å²) in [7, 11) is -4.14. The molecule has 0 atom stereocenters. The van der Waals surface area contributed by atoms with Crippen LogP contribution in [-0.2, 0) is 35.6 Å². The Balaban J connectivity index is 2.15. The van der Waals surface area contributed by atoms with E-state index in [1.54, 1.807) is 0 Å². The molecule has 0 fully saturated rings. The summed E-state index contributed by atoms with van der Waals surface area (Å²) in [6.45, 7) is -0.134. The van der Waals surface area contributed by atoms with Crippen LogP contribution < -0.4 is 0 Å². The van der Waals surface area contributed by atoms with Crippen LogP contribution in [0.25, 0.3) is 0 Å². The molecule has 1 aromatic rings. The first kappa shape index (κ1) is 22.6. The lowest BCUT2D eigenvalue weighted by atomic mass is 10.2. The molecule has 0 radical (unpaired) electrons. The summed E-state index contributed by atoms with van der Waals surface area (Å²) < 4.78 is 41.4. The SMILES string of the molecule is O=C(CCCC(=O)OCCS(=O)(=O)O)OCCc1ccc(I)cc1I. The fourth-order valence-electron chi connectivity index (χ4n) is 1.78. The minimum absolute atomic E-state index is 0.0183. The van der Waals surface area contributed by atoms with Crippen LogP contribution in [0, 0.1) is 7.14 Å². The average Bonchev–Trinajstić information content (AvgIpc) is 2.48. The van der Waals surface area contributed by atoms with E-state index < -0.39 is 34.4 Å². The van der Waals surface area contributed by atoms with Gasteiger partial charge in [0.25, 0.3) is 10.1 Å². The van der Waals surface area contributed by atoms with Crippen molar-refractivity contribution in [3.8, 4) is 0 Å². The van der Waals surface area contributed by atoms with Gasteiger partial charge in [-0.2, -0.15) is 8.42 Å². The van der Waals surface area contributed by atoms with Gasteiger partial charge in [0.2, 0.25) is 0 Å². The van der Waals surface area contributed by atoms with E-state index >= 15 is 0 Å². The van der Waals surface area contributed by atoms with Gasteiger partial charge in [-0.15, -0.1) is 0 Å². The number of hydrogen-bond acceptors (Lipinski definition) is 6. The van der Waals surface area contributed by atoms with Crippen molar-refractivity contribution in [3.05, 3.63) is 30.9 Å². The normalized spacial score (nSPS) is 11.2. The van der Waals surface area contributed by atoms with Crippen molar-refractivity contribution in [1.82, 2.24) is 0 Å². The lowest BCUT2D eigenvalue weighted by Crippen LogP contribution is -2.15. The highest BCUT2D eigenvalue weighted by Crippen LogP contribution is 2.16. The number of ether oxygens (including phenoxy) is 2. The average molecular weight is 596 g/mol. The lowest BCUT2D eigenvalue weighted by Gasteiger charge is -2.07. The molecule has 0 aliphatic rings. The molecule has 25 heavy (non-hydrogen) atoms. The second-order valence-corrected chi connectivity index (χ2v) is 9.05. The van der Waals surface area contributed by atoms with E-state index in [0.717, 1.165) is 12.7 Å². The Kier molecular flexibility index (Phi) is 10.2. The number of benzene rings is 1. The van der Waals surface area contributed by atoms with Gasteiger partial charge in [-0.05, 0) is 69.3 Å². The Morgan fingerprint density at radius 2 is 1.64 bits per heavy atom. The molecule has 1 rings (SSSR count). The molecule has 0 bridgehead atoms. The van der Waals surface area contributed by atoms with Crippen molar-refractivity contribution in [2.24, 2.45) is 0 Å². The van der Waals surface area contributed by atoms with Gasteiger partial charge in [0.05, 0.1) is 6.61 Å². The highest BCUT2D eigenvalue weighted by Gasteiger charge is 2.10. The maximum atomic E-state index is 11.6. The fourth-order valence-corrected chi connectivity index (χ4v) is 3.95. The van der Waals surface area contributed by atoms with E-state index in [4.69, 9.17) is 9.29 Å². The van der Waals surface area contributed by atoms with Crippen LogP contribution in [0.5, 0.6) is 0 Å². The van der Waals surface area contributed by atoms with Crippen LogP contribution in [-0.4, -0.2) is 43.9 Å². The van der Waals surface area contributed by atoms with Crippen LogP contribution in [0.1, 0.15) is 24.8 Å². The fraction of sp³-hybridized carbons (Fsp3) is 0.467. The topological polar surface area (TPSA) is 107 Å². The van der Waals surface area contributed by atoms with Crippen molar-refractivity contribution in [3.63, 3.8) is 0 Å². The Morgan fingerprint density at radius 1 is 1.04 bits per heavy atom. The lowest BCUT2D eigenvalue weighted by molar-refractivity contribution is -0.145. The Hall–Kier alpha value is -0.470. The van der Waals surface area contributed by atoms with Gasteiger partial charge >= 0.3 is 11.9 Å². The largest absolute Gasteiger partial charge is 0.465 e. The summed E-state index contributed by atoms with van der Waals surface area (Å²) in [5.41, 5.74) is 1.11. The highest BCUT2D eigenvalue weighted by molar-refractivity contribution is 14.1. The zero-order valence-electron chi connectivity index (χ0n) is 13.2. The van der Waals surface area contributed by atoms with Crippen molar-refractivity contribution >= 4 is 67.2 Å². The Bertz CT molecular complexity index is 704. The van der Waals surface area contributed by atoms with Gasteiger partial charge < -0.3 is 9.47 Å². The molecule has 0 aromatic heterocycles. The van der Waals surface area contributed by atoms with Crippen molar-refractivity contribution < 1.29 is 32.0 Å². The zero-order valence-corrected chi connectivity index (χ0v) is 18.4. The molecule has 0 saturated carbocycles. The molecule has 1 N–H and O–H groups in total. The molecule has 140 valence electrons. The molecule has 0 saturated heterocycles. The molecule has 1 aromatic carbocycles. The predicted octanol–water partition coefficient (Wildman–Crippen LogP) is 2.58. The quantitative estimate of drug-likeness (QED) is 0.252. The third kappa shape index (κ3) is 11.0. The molecule has 0 unspecified atom stereocenters. The third-order valence-electron chi connectivity index (χ3n) is 3.02.